The third-order valence-corrected chi connectivity index (χ3v) is 5.49. The van der Waals surface area contributed by atoms with E-state index in [1.54, 1.807) is 25.6 Å². The van der Waals surface area contributed by atoms with Crippen molar-refractivity contribution in [3.8, 4) is 17.3 Å². The molecule has 32 heavy (non-hydrogen) atoms. The average molecular weight is 455 g/mol. The summed E-state index contributed by atoms with van der Waals surface area (Å²) in [5, 5.41) is 6.08. The first-order valence-corrected chi connectivity index (χ1v) is 11.8. The zero-order valence-electron chi connectivity index (χ0n) is 19.6. The summed E-state index contributed by atoms with van der Waals surface area (Å²) in [6.07, 6.45) is 14.1. The maximum Gasteiger partial charge on any atom is 0.316 e. The van der Waals surface area contributed by atoms with Crippen LogP contribution in [0.1, 0.15) is 59.3 Å². The van der Waals surface area contributed by atoms with Crippen molar-refractivity contribution in [2.45, 2.75) is 59.3 Å². The van der Waals surface area contributed by atoms with Gasteiger partial charge in [-0.05, 0) is 38.0 Å². The molecule has 0 amide bonds. The topological polar surface area (TPSA) is 69.2 Å². The predicted molar refractivity (Wildman–Crippen MR) is 134 cm³/mol. The molecule has 0 saturated heterocycles. The Bertz CT molecular complexity index is 945. The van der Waals surface area contributed by atoms with Crippen LogP contribution in [0.3, 0.4) is 0 Å². The lowest BCUT2D eigenvalue weighted by Crippen LogP contribution is -1.98. The predicted octanol–water partition coefficient (Wildman–Crippen LogP) is 7.28. The highest BCUT2D eigenvalue weighted by Crippen LogP contribution is 2.26. The molecule has 0 atom stereocenters. The number of thiazole rings is 1. The summed E-state index contributed by atoms with van der Waals surface area (Å²) in [5.41, 5.74) is 3.56. The number of aromatic nitrogens is 3. The summed E-state index contributed by atoms with van der Waals surface area (Å²) in [7, 11) is 1.54. The van der Waals surface area contributed by atoms with Crippen LogP contribution in [0.25, 0.3) is 11.3 Å². The number of nitrogens with zero attached hydrogens (tertiary/aromatic N) is 3. The molecule has 0 radical (unpaired) electrons. The normalized spacial score (nSPS) is 12.2. The monoisotopic (exact) mass is 454 g/mol. The Labute approximate surface area is 195 Å². The molecule has 6 nitrogen and oxygen atoms in total. The van der Waals surface area contributed by atoms with E-state index in [-0.39, 0.29) is 0 Å². The van der Waals surface area contributed by atoms with Crippen LogP contribution in [0.2, 0.25) is 0 Å². The second kappa shape index (κ2) is 13.5. The summed E-state index contributed by atoms with van der Waals surface area (Å²) >= 11 is 1.52. The van der Waals surface area contributed by atoms with Crippen LogP contribution in [-0.2, 0) is 4.74 Å². The lowest BCUT2D eigenvalue weighted by atomic mass is 10.1. The van der Waals surface area contributed by atoms with E-state index in [1.807, 2.05) is 25.3 Å². The standard InChI is InChI=1S/C25H34N4O2S/c1-7-9-10-11-12-13-20(5)31-23(8-2)18(3)14-19(4)28-25-29-22(17-32-25)21-15-26-24(30-6)27-16-21/h8,14-17H,2,5,7,9-13H2,1,3-4,6H3,(H,28,29)/b19-14+,23-18+. The van der Waals surface area contributed by atoms with Gasteiger partial charge in [0.05, 0.1) is 18.6 Å². The molecule has 0 unspecified atom stereocenters. The van der Waals surface area contributed by atoms with Crippen molar-refractivity contribution in [1.29, 1.82) is 0 Å². The molecule has 0 fully saturated rings. The number of anilines is 1. The fourth-order valence-electron chi connectivity index (χ4n) is 3.03. The molecule has 2 aromatic heterocycles. The number of unbranched alkanes of at least 4 members (excludes halogenated alkanes) is 4. The van der Waals surface area contributed by atoms with Gasteiger partial charge in [-0.1, -0.05) is 45.8 Å². The second-order valence-corrected chi connectivity index (χ2v) is 8.36. The van der Waals surface area contributed by atoms with E-state index in [4.69, 9.17) is 9.47 Å². The molecule has 172 valence electrons. The van der Waals surface area contributed by atoms with Crippen molar-refractivity contribution in [1.82, 2.24) is 15.0 Å². The van der Waals surface area contributed by atoms with Crippen LogP contribution >= 0.6 is 11.3 Å². The molecule has 0 bridgehead atoms. The molecule has 7 heteroatoms. The lowest BCUT2D eigenvalue weighted by molar-refractivity contribution is 0.300. The highest BCUT2D eigenvalue weighted by Gasteiger charge is 2.08. The van der Waals surface area contributed by atoms with Crippen molar-refractivity contribution in [3.63, 3.8) is 0 Å². The van der Waals surface area contributed by atoms with Gasteiger partial charge in [0.25, 0.3) is 0 Å². The highest BCUT2D eigenvalue weighted by molar-refractivity contribution is 7.14. The van der Waals surface area contributed by atoms with Gasteiger partial charge in [0.2, 0.25) is 0 Å². The zero-order chi connectivity index (χ0) is 23.3. The van der Waals surface area contributed by atoms with Crippen LogP contribution in [-0.4, -0.2) is 22.1 Å². The first kappa shape index (κ1) is 25.3. The summed E-state index contributed by atoms with van der Waals surface area (Å²) < 4.78 is 11.0. The Morgan fingerprint density at radius 1 is 1.16 bits per heavy atom. The number of hydrogen-bond acceptors (Lipinski definition) is 7. The van der Waals surface area contributed by atoms with Gasteiger partial charge < -0.3 is 14.8 Å². The van der Waals surface area contributed by atoms with Crippen molar-refractivity contribution in [2.75, 3.05) is 12.4 Å². The molecule has 1 N–H and O–H groups in total. The van der Waals surface area contributed by atoms with Crippen LogP contribution in [0.5, 0.6) is 6.01 Å². The summed E-state index contributed by atoms with van der Waals surface area (Å²) in [5.74, 6) is 1.50. The van der Waals surface area contributed by atoms with E-state index < -0.39 is 0 Å². The minimum atomic E-state index is 0.336. The quantitative estimate of drug-likeness (QED) is 0.184. The number of allylic oxidation sites excluding steroid dienone is 5. The summed E-state index contributed by atoms with van der Waals surface area (Å²) in [6.45, 7) is 14.2. The maximum atomic E-state index is 5.96. The number of ether oxygens (including phenoxy) is 2. The van der Waals surface area contributed by atoms with Gasteiger partial charge in [-0.25, -0.2) is 15.0 Å². The van der Waals surface area contributed by atoms with Gasteiger partial charge in [-0.3, -0.25) is 0 Å². The number of methoxy groups -OCH3 is 1. The second-order valence-electron chi connectivity index (χ2n) is 7.51. The van der Waals surface area contributed by atoms with Gasteiger partial charge >= 0.3 is 6.01 Å². The van der Waals surface area contributed by atoms with Gasteiger partial charge in [0.15, 0.2) is 5.13 Å². The Morgan fingerprint density at radius 3 is 2.53 bits per heavy atom. The van der Waals surface area contributed by atoms with Crippen LogP contribution in [0, 0.1) is 0 Å². The van der Waals surface area contributed by atoms with Gasteiger partial charge in [0.1, 0.15) is 5.76 Å². The van der Waals surface area contributed by atoms with Gasteiger partial charge in [0, 0.05) is 35.5 Å². The van der Waals surface area contributed by atoms with E-state index in [0.717, 1.165) is 52.0 Å². The van der Waals surface area contributed by atoms with E-state index in [2.05, 4.69) is 40.4 Å². The van der Waals surface area contributed by atoms with Gasteiger partial charge in [-0.15, -0.1) is 11.3 Å². The summed E-state index contributed by atoms with van der Waals surface area (Å²) in [4.78, 5) is 12.9. The van der Waals surface area contributed by atoms with E-state index in [0.29, 0.717) is 6.01 Å². The van der Waals surface area contributed by atoms with Crippen LogP contribution in [0.4, 0.5) is 5.13 Å². The Balaban J connectivity index is 1.96. The van der Waals surface area contributed by atoms with Crippen molar-refractivity contribution in [3.05, 3.63) is 65.9 Å². The molecular formula is C25H34N4O2S. The molecule has 0 aliphatic heterocycles. The molecular weight excluding hydrogens is 420 g/mol. The molecule has 0 aliphatic rings. The molecule has 2 aromatic rings. The highest BCUT2D eigenvalue weighted by atomic mass is 32.1. The zero-order valence-corrected chi connectivity index (χ0v) is 20.4. The summed E-state index contributed by atoms with van der Waals surface area (Å²) in [6, 6.07) is 0.336. The van der Waals surface area contributed by atoms with Crippen LogP contribution in [0.15, 0.2) is 65.9 Å². The third kappa shape index (κ3) is 8.30. The van der Waals surface area contributed by atoms with E-state index in [9.17, 15) is 0 Å². The first-order valence-electron chi connectivity index (χ1n) is 10.9. The number of rotatable bonds is 14. The van der Waals surface area contributed by atoms with Crippen molar-refractivity contribution >= 4 is 16.5 Å². The van der Waals surface area contributed by atoms with E-state index >= 15 is 0 Å². The molecule has 0 aromatic carbocycles. The SMILES string of the molecule is C=C/C(OC(=C)CCCCCCC)=C(C)\C=C(/C)Nc1nc(-c2cnc(OC)nc2)cs1. The minimum Gasteiger partial charge on any atom is -0.467 e. The Hall–Kier alpha value is -2.93. The molecule has 0 aliphatic carbocycles. The number of nitrogens with one attached hydrogen (secondary N) is 1. The molecule has 2 rings (SSSR count). The maximum absolute atomic E-state index is 5.96. The Kier molecular flexibility index (Phi) is 10.7. The molecule has 2 heterocycles. The number of hydrogen-bond donors (Lipinski definition) is 1. The van der Waals surface area contributed by atoms with Crippen LogP contribution < -0.4 is 10.1 Å². The fraction of sp³-hybridized carbons (Fsp3) is 0.400. The first-order chi connectivity index (χ1) is 15.5. The van der Waals surface area contributed by atoms with E-state index in [1.165, 1.54) is 37.0 Å². The largest absolute Gasteiger partial charge is 0.467 e. The van der Waals surface area contributed by atoms with Crippen molar-refractivity contribution in [2.24, 2.45) is 0 Å². The molecule has 0 saturated carbocycles. The minimum absolute atomic E-state index is 0.336. The molecule has 0 spiro atoms. The van der Waals surface area contributed by atoms with Crippen molar-refractivity contribution < 1.29 is 9.47 Å². The van der Waals surface area contributed by atoms with Gasteiger partial charge in [-0.2, -0.15) is 0 Å². The lowest BCUT2D eigenvalue weighted by Gasteiger charge is -2.12. The smallest absolute Gasteiger partial charge is 0.316 e. The fourth-order valence-corrected chi connectivity index (χ4v) is 3.82. The Morgan fingerprint density at radius 2 is 1.88 bits per heavy atom. The average Bonchev–Trinajstić information content (AvgIpc) is 3.25. The third-order valence-electron chi connectivity index (χ3n) is 4.74.